The van der Waals surface area contributed by atoms with Crippen LogP contribution in [0.3, 0.4) is 0 Å². The molecule has 3 aromatic heterocycles. The number of anilines is 1. The molecule has 2 N–H and O–H groups in total. The molecule has 0 aliphatic rings. The molecule has 0 aliphatic carbocycles. The SMILES string of the molecule is CCc1ccc(-c2nc3c(OC)cccn3c2N)o1. The fraction of sp³-hybridized carbons (Fsp3) is 0.214. The average molecular weight is 257 g/mol. The number of rotatable bonds is 3. The topological polar surface area (TPSA) is 65.7 Å². The van der Waals surface area contributed by atoms with Gasteiger partial charge in [0, 0.05) is 12.6 Å². The van der Waals surface area contributed by atoms with E-state index < -0.39 is 0 Å². The zero-order valence-corrected chi connectivity index (χ0v) is 10.9. The van der Waals surface area contributed by atoms with E-state index >= 15 is 0 Å². The number of nitrogens with zero attached hydrogens (tertiary/aromatic N) is 2. The molecule has 0 radical (unpaired) electrons. The predicted molar refractivity (Wildman–Crippen MR) is 73.2 cm³/mol. The predicted octanol–water partition coefficient (Wildman–Crippen LogP) is 2.75. The molecule has 5 nitrogen and oxygen atoms in total. The molecule has 0 unspecified atom stereocenters. The van der Waals surface area contributed by atoms with Gasteiger partial charge < -0.3 is 14.9 Å². The van der Waals surface area contributed by atoms with Crippen LogP contribution in [-0.2, 0) is 6.42 Å². The zero-order valence-electron chi connectivity index (χ0n) is 10.9. The lowest BCUT2D eigenvalue weighted by molar-refractivity contribution is 0.417. The summed E-state index contributed by atoms with van der Waals surface area (Å²) < 4.78 is 12.8. The quantitative estimate of drug-likeness (QED) is 0.783. The van der Waals surface area contributed by atoms with Crippen LogP contribution in [0.2, 0.25) is 0 Å². The Bertz CT molecular complexity index is 727. The van der Waals surface area contributed by atoms with Gasteiger partial charge in [0.2, 0.25) is 0 Å². The van der Waals surface area contributed by atoms with E-state index in [1.165, 1.54) is 0 Å². The van der Waals surface area contributed by atoms with Crippen LogP contribution in [0, 0.1) is 0 Å². The molecule has 0 aromatic carbocycles. The Morgan fingerprint density at radius 2 is 2.21 bits per heavy atom. The lowest BCUT2D eigenvalue weighted by Gasteiger charge is -2.01. The molecule has 98 valence electrons. The fourth-order valence-electron chi connectivity index (χ4n) is 2.10. The summed E-state index contributed by atoms with van der Waals surface area (Å²) in [4.78, 5) is 4.52. The van der Waals surface area contributed by atoms with Gasteiger partial charge in [-0.15, -0.1) is 0 Å². The Morgan fingerprint density at radius 1 is 1.37 bits per heavy atom. The van der Waals surface area contributed by atoms with Gasteiger partial charge in [-0.25, -0.2) is 4.98 Å². The minimum absolute atomic E-state index is 0.547. The second-order valence-electron chi connectivity index (χ2n) is 4.24. The van der Waals surface area contributed by atoms with Crippen molar-refractivity contribution in [1.29, 1.82) is 0 Å². The van der Waals surface area contributed by atoms with Gasteiger partial charge in [-0.1, -0.05) is 6.92 Å². The third-order valence-corrected chi connectivity index (χ3v) is 3.11. The molecule has 19 heavy (non-hydrogen) atoms. The van der Waals surface area contributed by atoms with Crippen molar-refractivity contribution in [1.82, 2.24) is 9.38 Å². The molecule has 0 amide bonds. The van der Waals surface area contributed by atoms with E-state index in [1.54, 1.807) is 11.5 Å². The van der Waals surface area contributed by atoms with Crippen molar-refractivity contribution in [3.63, 3.8) is 0 Å². The second-order valence-corrected chi connectivity index (χ2v) is 4.24. The number of fused-ring (bicyclic) bond motifs is 1. The van der Waals surface area contributed by atoms with Crippen molar-refractivity contribution in [3.8, 4) is 17.2 Å². The van der Waals surface area contributed by atoms with Gasteiger partial charge >= 0.3 is 0 Å². The number of nitrogen functional groups attached to an aromatic ring is 1. The van der Waals surface area contributed by atoms with Crippen LogP contribution < -0.4 is 10.5 Å². The van der Waals surface area contributed by atoms with Gasteiger partial charge in [-0.3, -0.25) is 4.40 Å². The molecule has 0 bridgehead atoms. The number of ether oxygens (including phenoxy) is 1. The fourth-order valence-corrected chi connectivity index (χ4v) is 2.10. The van der Waals surface area contributed by atoms with E-state index in [0.29, 0.717) is 28.7 Å². The second kappa shape index (κ2) is 4.35. The Labute approximate surface area is 110 Å². The van der Waals surface area contributed by atoms with Crippen molar-refractivity contribution < 1.29 is 9.15 Å². The van der Waals surface area contributed by atoms with Crippen LogP contribution in [0.25, 0.3) is 17.1 Å². The first-order chi connectivity index (χ1) is 9.24. The van der Waals surface area contributed by atoms with E-state index in [4.69, 9.17) is 14.9 Å². The van der Waals surface area contributed by atoms with Gasteiger partial charge in [0.05, 0.1) is 7.11 Å². The molecular formula is C14H15N3O2. The zero-order chi connectivity index (χ0) is 13.4. The van der Waals surface area contributed by atoms with E-state index in [0.717, 1.165) is 12.2 Å². The molecule has 0 saturated carbocycles. The van der Waals surface area contributed by atoms with Gasteiger partial charge in [0.15, 0.2) is 17.2 Å². The summed E-state index contributed by atoms with van der Waals surface area (Å²) in [5, 5.41) is 0. The highest BCUT2D eigenvalue weighted by Crippen LogP contribution is 2.31. The number of pyridine rings is 1. The van der Waals surface area contributed by atoms with Gasteiger partial charge in [0.25, 0.3) is 0 Å². The maximum Gasteiger partial charge on any atom is 0.182 e. The summed E-state index contributed by atoms with van der Waals surface area (Å²) in [6, 6.07) is 7.55. The maximum absolute atomic E-state index is 6.13. The summed E-state index contributed by atoms with van der Waals surface area (Å²) in [7, 11) is 1.61. The number of imidazole rings is 1. The van der Waals surface area contributed by atoms with Gasteiger partial charge in [-0.2, -0.15) is 0 Å². The highest BCUT2D eigenvalue weighted by Gasteiger charge is 2.16. The normalized spacial score (nSPS) is 11.1. The number of furan rings is 1. The Balaban J connectivity index is 2.22. The van der Waals surface area contributed by atoms with Crippen LogP contribution in [0.1, 0.15) is 12.7 Å². The Hall–Kier alpha value is -2.43. The molecule has 3 aromatic rings. The van der Waals surface area contributed by atoms with Gasteiger partial charge in [-0.05, 0) is 24.3 Å². The number of aryl methyl sites for hydroxylation is 1. The maximum atomic E-state index is 6.13. The van der Waals surface area contributed by atoms with Crippen LogP contribution in [0.5, 0.6) is 5.75 Å². The number of nitrogens with two attached hydrogens (primary N) is 1. The number of hydrogen-bond donors (Lipinski definition) is 1. The highest BCUT2D eigenvalue weighted by atomic mass is 16.5. The molecule has 3 heterocycles. The largest absolute Gasteiger partial charge is 0.493 e. The minimum Gasteiger partial charge on any atom is -0.493 e. The standard InChI is InChI=1S/C14H15N3O2/c1-3-9-6-7-10(19-9)12-13(15)17-8-4-5-11(18-2)14(17)16-12/h4-8H,3,15H2,1-2H3. The van der Waals surface area contributed by atoms with Crippen molar-refractivity contribution in [3.05, 3.63) is 36.2 Å². The van der Waals surface area contributed by atoms with E-state index in [2.05, 4.69) is 4.98 Å². The molecule has 3 rings (SSSR count). The van der Waals surface area contributed by atoms with Crippen molar-refractivity contribution in [2.45, 2.75) is 13.3 Å². The summed E-state index contributed by atoms with van der Waals surface area (Å²) in [6.07, 6.45) is 2.70. The van der Waals surface area contributed by atoms with Crippen LogP contribution in [0.4, 0.5) is 5.82 Å². The third-order valence-electron chi connectivity index (χ3n) is 3.11. The first-order valence-electron chi connectivity index (χ1n) is 6.14. The summed E-state index contributed by atoms with van der Waals surface area (Å²) in [6.45, 7) is 2.04. The number of methoxy groups -OCH3 is 1. The van der Waals surface area contributed by atoms with Crippen molar-refractivity contribution >= 4 is 11.5 Å². The molecule has 5 heteroatoms. The summed E-state index contributed by atoms with van der Waals surface area (Å²) in [5.41, 5.74) is 7.46. The monoisotopic (exact) mass is 257 g/mol. The number of aromatic nitrogens is 2. The van der Waals surface area contributed by atoms with Crippen LogP contribution in [-0.4, -0.2) is 16.5 Å². The molecule has 0 aliphatic heterocycles. The van der Waals surface area contributed by atoms with Crippen LogP contribution in [0.15, 0.2) is 34.9 Å². The van der Waals surface area contributed by atoms with E-state index in [9.17, 15) is 0 Å². The van der Waals surface area contributed by atoms with E-state index in [1.807, 2.05) is 37.4 Å². The molecule has 0 atom stereocenters. The first kappa shape index (κ1) is 11.6. The number of hydrogen-bond acceptors (Lipinski definition) is 4. The van der Waals surface area contributed by atoms with Gasteiger partial charge in [0.1, 0.15) is 17.3 Å². The summed E-state index contributed by atoms with van der Waals surface area (Å²) >= 11 is 0. The lowest BCUT2D eigenvalue weighted by atomic mass is 10.3. The summed E-state index contributed by atoms with van der Waals surface area (Å²) in [5.74, 6) is 2.83. The lowest BCUT2D eigenvalue weighted by Crippen LogP contribution is -1.94. The van der Waals surface area contributed by atoms with E-state index in [-0.39, 0.29) is 0 Å². The molecule has 0 spiro atoms. The average Bonchev–Trinajstić information content (AvgIpc) is 3.03. The Kier molecular flexibility index (Phi) is 2.67. The van der Waals surface area contributed by atoms with Crippen molar-refractivity contribution in [2.24, 2.45) is 0 Å². The first-order valence-corrected chi connectivity index (χ1v) is 6.14. The van der Waals surface area contributed by atoms with Crippen molar-refractivity contribution in [2.75, 3.05) is 12.8 Å². The molecular weight excluding hydrogens is 242 g/mol. The van der Waals surface area contributed by atoms with Crippen LogP contribution >= 0.6 is 0 Å². The molecule has 0 saturated heterocycles. The third kappa shape index (κ3) is 1.74. The molecule has 0 fully saturated rings. The smallest absolute Gasteiger partial charge is 0.182 e. The Morgan fingerprint density at radius 3 is 2.89 bits per heavy atom. The minimum atomic E-state index is 0.547. The highest BCUT2D eigenvalue weighted by molar-refractivity contribution is 5.74.